The van der Waals surface area contributed by atoms with E-state index in [0.29, 0.717) is 43.7 Å². The lowest BCUT2D eigenvalue weighted by molar-refractivity contribution is 0.0694. The van der Waals surface area contributed by atoms with Crippen LogP contribution in [-0.4, -0.2) is 39.2 Å². The van der Waals surface area contributed by atoms with Crippen molar-refractivity contribution < 1.29 is 9.90 Å². The maximum Gasteiger partial charge on any atom is 0.341 e. The monoisotopic (exact) mass is 404 g/mol. The molecule has 1 aliphatic rings. The van der Waals surface area contributed by atoms with E-state index in [1.165, 1.54) is 10.5 Å². The van der Waals surface area contributed by atoms with E-state index < -0.39 is 16.9 Å². The van der Waals surface area contributed by atoms with Gasteiger partial charge in [-0.3, -0.25) is 19.1 Å². The van der Waals surface area contributed by atoms with Crippen molar-refractivity contribution in [3.63, 3.8) is 0 Å². The number of nitrogens with zero attached hydrogens (tertiary/aromatic N) is 4. The highest BCUT2D eigenvalue weighted by Gasteiger charge is 2.38. The molecular formula is C23H24N4O3. The number of carboxylic acid groups (broad SMARTS) is 1. The number of hydrogen-bond donors (Lipinski definition) is 1. The second-order valence-corrected chi connectivity index (χ2v) is 7.32. The van der Waals surface area contributed by atoms with Crippen LogP contribution in [0.4, 0.5) is 0 Å². The maximum atomic E-state index is 12.4. The zero-order chi connectivity index (χ0) is 21.7. The molecule has 0 aliphatic carbocycles. The van der Waals surface area contributed by atoms with E-state index in [1.54, 1.807) is 24.5 Å². The van der Waals surface area contributed by atoms with Gasteiger partial charge in [0.15, 0.2) is 0 Å². The number of likely N-dealkylation sites (tertiary alicyclic amines) is 1. The normalized spacial score (nSPS) is 17.1. The molecule has 0 bridgehead atoms. The van der Waals surface area contributed by atoms with Crippen molar-refractivity contribution in [2.24, 2.45) is 10.4 Å². The quantitative estimate of drug-likeness (QED) is 0.745. The average Bonchev–Trinajstić information content (AvgIpc) is 2.77. The first kappa shape index (κ1) is 21.2. The highest BCUT2D eigenvalue weighted by Crippen LogP contribution is 2.34. The fraction of sp³-hybridized carbons (Fsp3) is 0.304. The van der Waals surface area contributed by atoms with Crippen molar-refractivity contribution in [3.8, 4) is 6.07 Å². The van der Waals surface area contributed by atoms with Gasteiger partial charge in [0.2, 0.25) is 0 Å². The topological polar surface area (TPSA) is 98.2 Å². The van der Waals surface area contributed by atoms with Gasteiger partial charge >= 0.3 is 5.97 Å². The number of rotatable bonds is 6. The van der Waals surface area contributed by atoms with Crippen LogP contribution in [0.5, 0.6) is 0 Å². The van der Waals surface area contributed by atoms with E-state index in [0.717, 1.165) is 5.56 Å². The first-order chi connectivity index (χ1) is 14.5. The minimum atomic E-state index is -1.24. The second-order valence-electron chi connectivity index (χ2n) is 7.32. The molecule has 1 fully saturated rings. The highest BCUT2D eigenvalue weighted by atomic mass is 16.4. The fourth-order valence-electron chi connectivity index (χ4n) is 3.89. The van der Waals surface area contributed by atoms with E-state index in [2.05, 4.69) is 22.5 Å². The molecule has 0 aromatic carbocycles. The number of piperidine rings is 1. The first-order valence-corrected chi connectivity index (χ1v) is 9.78. The molecule has 3 rings (SSSR count). The zero-order valence-corrected chi connectivity index (χ0v) is 16.9. The molecule has 3 heterocycles. The SMILES string of the molecule is C=CC(=N/C=C\C)C1(C#N)CCN(Cc2cc(C(=O)O)c(=O)n3ccccc23)CC1. The Morgan fingerprint density at radius 1 is 1.40 bits per heavy atom. The van der Waals surface area contributed by atoms with Gasteiger partial charge in [-0.15, -0.1) is 0 Å². The van der Waals surface area contributed by atoms with Crippen LogP contribution in [0.15, 0.2) is 65.2 Å². The number of carboxylic acids is 1. The van der Waals surface area contributed by atoms with Gasteiger partial charge in [-0.05, 0) is 49.6 Å². The summed E-state index contributed by atoms with van der Waals surface area (Å²) in [6, 6.07) is 9.24. The van der Waals surface area contributed by atoms with Crippen molar-refractivity contribution in [2.45, 2.75) is 26.3 Å². The van der Waals surface area contributed by atoms with Gasteiger partial charge in [-0.1, -0.05) is 18.7 Å². The van der Waals surface area contributed by atoms with Crippen LogP contribution >= 0.6 is 0 Å². The zero-order valence-electron chi connectivity index (χ0n) is 16.9. The Morgan fingerprint density at radius 2 is 2.13 bits per heavy atom. The predicted molar refractivity (Wildman–Crippen MR) is 116 cm³/mol. The van der Waals surface area contributed by atoms with Crippen molar-refractivity contribution in [3.05, 3.63) is 76.9 Å². The van der Waals surface area contributed by atoms with Crippen LogP contribution in [0.1, 0.15) is 35.7 Å². The van der Waals surface area contributed by atoms with Crippen molar-refractivity contribution >= 4 is 17.2 Å². The summed E-state index contributed by atoms with van der Waals surface area (Å²) in [5.74, 6) is -1.24. The van der Waals surface area contributed by atoms with Gasteiger partial charge in [-0.2, -0.15) is 5.26 Å². The van der Waals surface area contributed by atoms with Gasteiger partial charge in [0, 0.05) is 32.0 Å². The van der Waals surface area contributed by atoms with Crippen molar-refractivity contribution in [2.75, 3.05) is 13.1 Å². The molecule has 1 saturated heterocycles. The molecular weight excluding hydrogens is 380 g/mol. The van der Waals surface area contributed by atoms with E-state index in [9.17, 15) is 20.0 Å². The van der Waals surface area contributed by atoms with Crippen LogP contribution in [0.25, 0.3) is 5.52 Å². The second kappa shape index (κ2) is 8.89. The standard InChI is InChI=1S/C23H24N4O3/c1-3-10-25-20(4-2)23(16-24)8-12-26(13-9-23)15-17-14-18(22(29)30)21(28)27-11-6-5-7-19(17)27/h3-7,10-11,14H,2,8-9,12-13,15H2,1H3,(H,29,30)/b10-3-,25-20?. The number of pyridine rings is 2. The Morgan fingerprint density at radius 3 is 2.73 bits per heavy atom. The molecule has 2 aromatic heterocycles. The minimum Gasteiger partial charge on any atom is -0.477 e. The molecule has 0 radical (unpaired) electrons. The molecule has 0 amide bonds. The summed E-state index contributed by atoms with van der Waals surface area (Å²) in [5.41, 5.74) is 0.659. The summed E-state index contributed by atoms with van der Waals surface area (Å²) in [5, 5.41) is 19.3. The van der Waals surface area contributed by atoms with Gasteiger partial charge < -0.3 is 5.11 Å². The Labute approximate surface area is 174 Å². The molecule has 1 aliphatic heterocycles. The third-order valence-electron chi connectivity index (χ3n) is 5.55. The number of allylic oxidation sites excluding steroid dienone is 2. The largest absolute Gasteiger partial charge is 0.477 e. The summed E-state index contributed by atoms with van der Waals surface area (Å²) in [4.78, 5) is 30.5. The molecule has 30 heavy (non-hydrogen) atoms. The maximum absolute atomic E-state index is 12.4. The number of aromatic nitrogens is 1. The molecule has 0 spiro atoms. The number of fused-ring (bicyclic) bond motifs is 1. The van der Waals surface area contributed by atoms with Gasteiger partial charge in [0.05, 0.1) is 17.3 Å². The van der Waals surface area contributed by atoms with E-state index >= 15 is 0 Å². The average molecular weight is 404 g/mol. The fourth-order valence-corrected chi connectivity index (χ4v) is 3.89. The molecule has 2 aromatic rings. The Hall–Kier alpha value is -3.50. The molecule has 7 heteroatoms. The predicted octanol–water partition coefficient (Wildman–Crippen LogP) is 3.26. The molecule has 1 N–H and O–H groups in total. The van der Waals surface area contributed by atoms with E-state index in [-0.39, 0.29) is 5.56 Å². The van der Waals surface area contributed by atoms with Crippen LogP contribution < -0.4 is 5.56 Å². The molecule has 0 unspecified atom stereocenters. The Bertz CT molecular complexity index is 1130. The Kier molecular flexibility index (Phi) is 6.28. The molecule has 154 valence electrons. The van der Waals surface area contributed by atoms with Crippen molar-refractivity contribution in [1.82, 2.24) is 9.30 Å². The van der Waals surface area contributed by atoms with Crippen LogP contribution in [0.3, 0.4) is 0 Å². The number of hydrogen-bond acceptors (Lipinski definition) is 5. The highest BCUT2D eigenvalue weighted by molar-refractivity contribution is 6.01. The van der Waals surface area contributed by atoms with Crippen LogP contribution in [0.2, 0.25) is 0 Å². The lowest BCUT2D eigenvalue weighted by Crippen LogP contribution is -2.43. The number of aromatic carboxylic acids is 1. The summed E-state index contributed by atoms with van der Waals surface area (Å²) in [6.45, 7) is 7.48. The number of carbonyl (C=O) groups is 1. The first-order valence-electron chi connectivity index (χ1n) is 9.78. The summed E-state index contributed by atoms with van der Waals surface area (Å²) in [7, 11) is 0. The Balaban J connectivity index is 1.88. The number of aliphatic imine (C=N–C) groups is 1. The lowest BCUT2D eigenvalue weighted by atomic mass is 9.75. The third kappa shape index (κ3) is 3.95. The third-order valence-corrected chi connectivity index (χ3v) is 5.55. The lowest BCUT2D eigenvalue weighted by Gasteiger charge is -2.37. The van der Waals surface area contributed by atoms with Gasteiger partial charge in [0.1, 0.15) is 11.0 Å². The van der Waals surface area contributed by atoms with Crippen LogP contribution in [-0.2, 0) is 6.54 Å². The van der Waals surface area contributed by atoms with Crippen molar-refractivity contribution in [1.29, 1.82) is 5.26 Å². The molecule has 7 nitrogen and oxygen atoms in total. The summed E-state index contributed by atoms with van der Waals surface area (Å²) in [6.07, 6.45) is 7.91. The molecule has 0 saturated carbocycles. The summed E-state index contributed by atoms with van der Waals surface area (Å²) >= 11 is 0. The number of nitriles is 1. The molecule has 0 atom stereocenters. The van der Waals surface area contributed by atoms with E-state index in [4.69, 9.17) is 0 Å². The smallest absolute Gasteiger partial charge is 0.341 e. The van der Waals surface area contributed by atoms with Gasteiger partial charge in [0.25, 0.3) is 5.56 Å². The van der Waals surface area contributed by atoms with Crippen LogP contribution in [0, 0.1) is 16.7 Å². The minimum absolute atomic E-state index is 0.246. The van der Waals surface area contributed by atoms with E-state index in [1.807, 2.05) is 25.1 Å². The van der Waals surface area contributed by atoms with Gasteiger partial charge in [-0.25, -0.2) is 4.79 Å². The summed E-state index contributed by atoms with van der Waals surface area (Å²) < 4.78 is 1.38.